The van der Waals surface area contributed by atoms with Crippen LogP contribution in [0.3, 0.4) is 0 Å². The van der Waals surface area contributed by atoms with E-state index in [4.69, 9.17) is 15.1 Å². The molecule has 8 heteroatoms. The highest BCUT2D eigenvalue weighted by Gasteiger charge is 2.61. The van der Waals surface area contributed by atoms with Crippen molar-refractivity contribution >= 4 is 5.97 Å². The summed E-state index contributed by atoms with van der Waals surface area (Å²) < 4.78 is 59.9. The Hall–Kier alpha value is -2.40. The summed E-state index contributed by atoms with van der Waals surface area (Å²) in [5, 5.41) is 17.6. The molecule has 0 amide bonds. The van der Waals surface area contributed by atoms with Crippen molar-refractivity contribution in [2.24, 2.45) is 17.3 Å². The first-order chi connectivity index (χ1) is 12.1. The molecule has 2 atom stereocenters. The van der Waals surface area contributed by atoms with E-state index in [1.807, 2.05) is 6.07 Å². The van der Waals surface area contributed by atoms with Crippen LogP contribution < -0.4 is 0 Å². The number of carbonyl (C=O) groups excluding carboxylic acids is 1. The maximum atomic E-state index is 13.9. The Balaban J connectivity index is 2.18. The van der Waals surface area contributed by atoms with Crippen molar-refractivity contribution in [2.75, 3.05) is 0 Å². The molecule has 140 valence electrons. The molecular formula is C18H17F4NO3. The zero-order valence-corrected chi connectivity index (χ0v) is 14.4. The summed E-state index contributed by atoms with van der Waals surface area (Å²) in [5.41, 5.74) is -2.29. The third-order valence-corrected chi connectivity index (χ3v) is 4.73. The number of rotatable bonds is 5. The first-order valence-electron chi connectivity index (χ1n) is 7.77. The predicted molar refractivity (Wildman–Crippen MR) is 82.1 cm³/mol. The minimum atomic E-state index is -1.73. The van der Waals surface area contributed by atoms with Crippen molar-refractivity contribution in [3.63, 3.8) is 0 Å². The number of esters is 1. The molecule has 0 radical (unpaired) electrons. The van der Waals surface area contributed by atoms with Gasteiger partial charge >= 0.3 is 5.97 Å². The van der Waals surface area contributed by atoms with Crippen molar-refractivity contribution in [1.29, 1.82) is 5.26 Å². The number of hydrogen-bond acceptors (Lipinski definition) is 4. The number of nitrogens with zero attached hydrogens (tertiary/aromatic N) is 1. The summed E-state index contributed by atoms with van der Waals surface area (Å²) in [6.45, 7) is 2.91. The molecule has 1 aromatic rings. The molecule has 4 nitrogen and oxygen atoms in total. The zero-order valence-electron chi connectivity index (χ0n) is 14.4. The molecule has 0 aliphatic heterocycles. The molecule has 0 aromatic heterocycles. The van der Waals surface area contributed by atoms with E-state index < -0.39 is 64.9 Å². The first kappa shape index (κ1) is 19.9. The standard InChI is InChI=1S/C18H17F4NO3/c1-8(5-23)4-11-12(18(11,2)3)17(25)26-7-10-15(21)13(19)9(6-24)14(20)16(10)22/h4,11-12,24H,6-7H2,1-3H3/b8-4-. The number of nitriles is 1. The summed E-state index contributed by atoms with van der Waals surface area (Å²) in [7, 11) is 0. The lowest BCUT2D eigenvalue weighted by Gasteiger charge is -2.11. The minimum Gasteiger partial charge on any atom is -0.460 e. The van der Waals surface area contributed by atoms with Crippen LogP contribution in [0.2, 0.25) is 0 Å². The molecular weight excluding hydrogens is 354 g/mol. The van der Waals surface area contributed by atoms with Gasteiger partial charge in [0.2, 0.25) is 0 Å². The average Bonchev–Trinajstić information content (AvgIpc) is 3.13. The third-order valence-electron chi connectivity index (χ3n) is 4.73. The number of benzene rings is 1. The van der Waals surface area contributed by atoms with Crippen LogP contribution in [0.25, 0.3) is 0 Å². The van der Waals surface area contributed by atoms with Crippen molar-refractivity contribution in [1.82, 2.24) is 0 Å². The second-order valence-corrected chi connectivity index (χ2v) is 6.77. The monoisotopic (exact) mass is 371 g/mol. The van der Waals surface area contributed by atoms with Gasteiger partial charge in [-0.2, -0.15) is 5.26 Å². The van der Waals surface area contributed by atoms with E-state index in [2.05, 4.69) is 0 Å². The summed E-state index contributed by atoms with van der Waals surface area (Å²) in [5.74, 6) is -8.59. The lowest BCUT2D eigenvalue weighted by atomic mass is 10.1. The lowest BCUT2D eigenvalue weighted by molar-refractivity contribution is -0.147. The van der Waals surface area contributed by atoms with E-state index in [0.29, 0.717) is 5.57 Å². The van der Waals surface area contributed by atoms with Crippen LogP contribution in [-0.4, -0.2) is 11.1 Å². The SMILES string of the molecule is C/C(C#N)=C/C1C(C(=O)OCc2c(F)c(F)c(CO)c(F)c2F)C1(C)C. The average molecular weight is 371 g/mol. The largest absolute Gasteiger partial charge is 0.460 e. The van der Waals surface area contributed by atoms with Crippen LogP contribution in [0.15, 0.2) is 11.6 Å². The predicted octanol–water partition coefficient (Wildman–Crippen LogP) is 3.52. The molecule has 0 spiro atoms. The van der Waals surface area contributed by atoms with Gasteiger partial charge in [0.1, 0.15) is 6.61 Å². The van der Waals surface area contributed by atoms with Crippen molar-refractivity contribution in [3.8, 4) is 6.07 Å². The maximum Gasteiger partial charge on any atom is 0.310 e. The van der Waals surface area contributed by atoms with Gasteiger partial charge in [0, 0.05) is 5.57 Å². The molecule has 2 unspecified atom stereocenters. The molecule has 1 saturated carbocycles. The number of allylic oxidation sites excluding steroid dienone is 2. The van der Waals surface area contributed by atoms with Gasteiger partial charge < -0.3 is 9.84 Å². The fourth-order valence-electron chi connectivity index (χ4n) is 2.97. The smallest absolute Gasteiger partial charge is 0.310 e. The van der Waals surface area contributed by atoms with Gasteiger partial charge in [-0.05, 0) is 18.3 Å². The molecule has 0 bridgehead atoms. The van der Waals surface area contributed by atoms with Gasteiger partial charge in [0.05, 0.1) is 29.7 Å². The molecule has 1 aromatic carbocycles. The van der Waals surface area contributed by atoms with Crippen LogP contribution in [-0.2, 0) is 22.7 Å². The summed E-state index contributed by atoms with van der Waals surface area (Å²) in [6, 6.07) is 1.94. The fourth-order valence-corrected chi connectivity index (χ4v) is 2.97. The molecule has 0 saturated heterocycles. The van der Waals surface area contributed by atoms with Gasteiger partial charge in [0.15, 0.2) is 23.3 Å². The van der Waals surface area contributed by atoms with E-state index in [9.17, 15) is 22.4 Å². The quantitative estimate of drug-likeness (QED) is 0.372. The van der Waals surface area contributed by atoms with Gasteiger partial charge in [-0.1, -0.05) is 19.9 Å². The lowest BCUT2D eigenvalue weighted by Crippen LogP contribution is -2.14. The second kappa shape index (κ2) is 7.08. The Kier molecular flexibility index (Phi) is 5.42. The van der Waals surface area contributed by atoms with Gasteiger partial charge in [-0.3, -0.25) is 4.79 Å². The normalized spacial score (nSPS) is 21.3. The Morgan fingerprint density at radius 3 is 2.15 bits per heavy atom. The van der Waals surface area contributed by atoms with Crippen LogP contribution in [0.5, 0.6) is 0 Å². The summed E-state index contributed by atoms with van der Waals surface area (Å²) >= 11 is 0. The van der Waals surface area contributed by atoms with Crippen molar-refractivity contribution in [3.05, 3.63) is 46.0 Å². The van der Waals surface area contributed by atoms with Crippen LogP contribution in [0.4, 0.5) is 17.6 Å². The summed E-state index contributed by atoms with van der Waals surface area (Å²) in [4.78, 5) is 12.2. The molecule has 2 rings (SSSR count). The molecule has 1 fully saturated rings. The van der Waals surface area contributed by atoms with E-state index in [-0.39, 0.29) is 5.92 Å². The molecule has 1 N–H and O–H groups in total. The molecule has 1 aliphatic carbocycles. The Morgan fingerprint density at radius 2 is 1.69 bits per heavy atom. The Morgan fingerprint density at radius 1 is 1.19 bits per heavy atom. The minimum absolute atomic E-state index is 0.283. The topological polar surface area (TPSA) is 70.3 Å². The van der Waals surface area contributed by atoms with E-state index in [1.165, 1.54) is 0 Å². The number of ether oxygens (including phenoxy) is 1. The number of aliphatic hydroxyl groups excluding tert-OH is 1. The van der Waals surface area contributed by atoms with E-state index in [0.717, 1.165) is 0 Å². The van der Waals surface area contributed by atoms with E-state index in [1.54, 1.807) is 26.8 Å². The number of carbonyl (C=O) groups is 1. The number of halogens is 4. The van der Waals surface area contributed by atoms with Gasteiger partial charge in [-0.15, -0.1) is 0 Å². The summed E-state index contributed by atoms with van der Waals surface area (Å²) in [6.07, 6.45) is 1.61. The number of hydrogen-bond donors (Lipinski definition) is 1. The molecule has 0 heterocycles. The highest BCUT2D eigenvalue weighted by molar-refractivity contribution is 5.78. The van der Waals surface area contributed by atoms with Gasteiger partial charge in [-0.25, -0.2) is 17.6 Å². The van der Waals surface area contributed by atoms with Crippen molar-refractivity contribution in [2.45, 2.75) is 34.0 Å². The molecule has 26 heavy (non-hydrogen) atoms. The third kappa shape index (κ3) is 3.31. The Bertz CT molecular complexity index is 798. The van der Waals surface area contributed by atoms with E-state index >= 15 is 0 Å². The highest BCUT2D eigenvalue weighted by Crippen LogP contribution is 2.59. The maximum absolute atomic E-state index is 13.9. The van der Waals surface area contributed by atoms with Crippen LogP contribution >= 0.6 is 0 Å². The second-order valence-electron chi connectivity index (χ2n) is 6.77. The van der Waals surface area contributed by atoms with Crippen LogP contribution in [0.1, 0.15) is 31.9 Å². The first-order valence-corrected chi connectivity index (χ1v) is 7.77. The molecule has 1 aliphatic rings. The zero-order chi connectivity index (χ0) is 19.8. The van der Waals surface area contributed by atoms with Crippen molar-refractivity contribution < 1.29 is 32.2 Å². The highest BCUT2D eigenvalue weighted by atomic mass is 19.2. The fraction of sp³-hybridized carbons (Fsp3) is 0.444. The van der Waals surface area contributed by atoms with Gasteiger partial charge in [0.25, 0.3) is 0 Å². The Labute approximate surface area is 147 Å². The number of aliphatic hydroxyl groups is 1. The van der Waals surface area contributed by atoms with Crippen LogP contribution in [0, 0.1) is 51.9 Å².